The average Bonchev–Trinajstić information content (AvgIpc) is 2.54. The van der Waals surface area contributed by atoms with Gasteiger partial charge in [0.25, 0.3) is 5.69 Å². The lowest BCUT2D eigenvalue weighted by Crippen LogP contribution is -2.45. The number of benzene rings is 1. The van der Waals surface area contributed by atoms with Gasteiger partial charge in [0.1, 0.15) is 0 Å². The van der Waals surface area contributed by atoms with Gasteiger partial charge in [-0.3, -0.25) is 10.1 Å². The van der Waals surface area contributed by atoms with E-state index in [-0.39, 0.29) is 10.6 Å². The van der Waals surface area contributed by atoms with Crippen molar-refractivity contribution in [3.05, 3.63) is 34.4 Å². The SMILES string of the molecule is COCC(O)CNC1CCN(c2ccc([N+](=O)[O-])cc2)CC1. The highest BCUT2D eigenvalue weighted by Crippen LogP contribution is 2.22. The molecule has 0 spiro atoms. The molecular formula is C15H23N3O4. The van der Waals surface area contributed by atoms with Crippen molar-refractivity contribution >= 4 is 11.4 Å². The van der Waals surface area contributed by atoms with E-state index in [1.807, 2.05) is 0 Å². The smallest absolute Gasteiger partial charge is 0.269 e. The molecular weight excluding hydrogens is 286 g/mol. The van der Waals surface area contributed by atoms with E-state index in [0.717, 1.165) is 31.6 Å². The third kappa shape index (κ3) is 4.66. The number of hydrogen-bond donors (Lipinski definition) is 2. The Hall–Kier alpha value is -1.70. The van der Waals surface area contributed by atoms with Crippen LogP contribution in [0, 0.1) is 10.1 Å². The first-order valence-electron chi connectivity index (χ1n) is 7.50. The number of aliphatic hydroxyl groups excluding tert-OH is 1. The Balaban J connectivity index is 1.78. The van der Waals surface area contributed by atoms with Crippen LogP contribution >= 0.6 is 0 Å². The zero-order valence-electron chi connectivity index (χ0n) is 12.8. The number of hydrogen-bond acceptors (Lipinski definition) is 6. The highest BCUT2D eigenvalue weighted by Gasteiger charge is 2.20. The molecule has 2 N–H and O–H groups in total. The second kappa shape index (κ2) is 8.07. The van der Waals surface area contributed by atoms with Crippen LogP contribution in [0.4, 0.5) is 11.4 Å². The summed E-state index contributed by atoms with van der Waals surface area (Å²) in [5.74, 6) is 0. The minimum absolute atomic E-state index is 0.118. The Morgan fingerprint density at radius 2 is 2.05 bits per heavy atom. The van der Waals surface area contributed by atoms with Crippen LogP contribution in [0.15, 0.2) is 24.3 Å². The second-order valence-electron chi connectivity index (χ2n) is 5.55. The summed E-state index contributed by atoms with van der Waals surface area (Å²) in [4.78, 5) is 12.5. The van der Waals surface area contributed by atoms with Crippen LogP contribution < -0.4 is 10.2 Å². The van der Waals surface area contributed by atoms with E-state index in [1.54, 1.807) is 31.4 Å². The Labute approximate surface area is 130 Å². The number of anilines is 1. The number of methoxy groups -OCH3 is 1. The quantitative estimate of drug-likeness (QED) is 0.580. The van der Waals surface area contributed by atoms with Gasteiger partial charge in [0.2, 0.25) is 0 Å². The summed E-state index contributed by atoms with van der Waals surface area (Å²) >= 11 is 0. The maximum Gasteiger partial charge on any atom is 0.269 e. The van der Waals surface area contributed by atoms with Gasteiger partial charge in [-0.1, -0.05) is 0 Å². The summed E-state index contributed by atoms with van der Waals surface area (Å²) in [5, 5.41) is 23.6. The fraction of sp³-hybridized carbons (Fsp3) is 0.600. The number of ether oxygens (including phenoxy) is 1. The van der Waals surface area contributed by atoms with Crippen molar-refractivity contribution in [3.8, 4) is 0 Å². The number of non-ortho nitro benzene ring substituents is 1. The fourth-order valence-electron chi connectivity index (χ4n) is 2.68. The van der Waals surface area contributed by atoms with Gasteiger partial charge in [0, 0.05) is 50.6 Å². The number of aliphatic hydroxyl groups is 1. The van der Waals surface area contributed by atoms with Crippen LogP contribution in [0.25, 0.3) is 0 Å². The fourth-order valence-corrected chi connectivity index (χ4v) is 2.68. The minimum Gasteiger partial charge on any atom is -0.389 e. The number of nitrogens with one attached hydrogen (secondary N) is 1. The maximum absolute atomic E-state index is 10.7. The Kier molecular flexibility index (Phi) is 6.11. The molecule has 1 aliphatic heterocycles. The van der Waals surface area contributed by atoms with Crippen molar-refractivity contribution < 1.29 is 14.8 Å². The molecule has 7 nitrogen and oxygen atoms in total. The number of nitro benzene ring substituents is 1. The molecule has 0 aliphatic carbocycles. The molecule has 0 radical (unpaired) electrons. The average molecular weight is 309 g/mol. The summed E-state index contributed by atoms with van der Waals surface area (Å²) in [6, 6.07) is 7.07. The van der Waals surface area contributed by atoms with E-state index in [0.29, 0.717) is 19.2 Å². The highest BCUT2D eigenvalue weighted by molar-refractivity contribution is 5.51. The molecule has 2 rings (SSSR count). The Morgan fingerprint density at radius 1 is 1.41 bits per heavy atom. The van der Waals surface area contributed by atoms with Crippen molar-refractivity contribution in [1.82, 2.24) is 5.32 Å². The van der Waals surface area contributed by atoms with Crippen LogP contribution in [0.5, 0.6) is 0 Å². The highest BCUT2D eigenvalue weighted by atomic mass is 16.6. The monoisotopic (exact) mass is 309 g/mol. The van der Waals surface area contributed by atoms with Gasteiger partial charge in [-0.2, -0.15) is 0 Å². The van der Waals surface area contributed by atoms with Crippen molar-refractivity contribution in [3.63, 3.8) is 0 Å². The van der Waals surface area contributed by atoms with Crippen LogP contribution in [0.1, 0.15) is 12.8 Å². The van der Waals surface area contributed by atoms with E-state index < -0.39 is 6.10 Å². The van der Waals surface area contributed by atoms with Gasteiger partial charge in [0.05, 0.1) is 17.6 Å². The van der Waals surface area contributed by atoms with Crippen molar-refractivity contribution in [1.29, 1.82) is 0 Å². The van der Waals surface area contributed by atoms with Crippen molar-refractivity contribution in [2.45, 2.75) is 25.0 Å². The number of rotatable bonds is 7. The number of nitro groups is 1. The van der Waals surface area contributed by atoms with Gasteiger partial charge in [-0.25, -0.2) is 0 Å². The van der Waals surface area contributed by atoms with E-state index in [9.17, 15) is 15.2 Å². The molecule has 0 amide bonds. The van der Waals surface area contributed by atoms with Gasteiger partial charge < -0.3 is 20.1 Å². The van der Waals surface area contributed by atoms with Crippen LogP contribution in [-0.2, 0) is 4.74 Å². The van der Waals surface area contributed by atoms with E-state index in [2.05, 4.69) is 10.2 Å². The van der Waals surface area contributed by atoms with Gasteiger partial charge in [0.15, 0.2) is 0 Å². The molecule has 1 fully saturated rings. The lowest BCUT2D eigenvalue weighted by atomic mass is 10.0. The second-order valence-corrected chi connectivity index (χ2v) is 5.55. The molecule has 1 atom stereocenters. The molecule has 122 valence electrons. The molecule has 1 heterocycles. The maximum atomic E-state index is 10.7. The predicted molar refractivity (Wildman–Crippen MR) is 84.2 cm³/mol. The standard InChI is InChI=1S/C15H23N3O4/c1-22-11-15(19)10-16-12-6-8-17(9-7-12)13-2-4-14(5-3-13)18(20)21/h2-5,12,15-16,19H,6-11H2,1H3. The normalized spacial score (nSPS) is 17.5. The third-order valence-electron chi connectivity index (χ3n) is 3.92. The van der Waals surface area contributed by atoms with Crippen molar-refractivity contribution in [2.75, 3.05) is 38.3 Å². The molecule has 1 aromatic carbocycles. The topological polar surface area (TPSA) is 87.9 Å². The molecule has 22 heavy (non-hydrogen) atoms. The largest absolute Gasteiger partial charge is 0.389 e. The molecule has 7 heteroatoms. The van der Waals surface area contributed by atoms with Crippen LogP contribution in [0.3, 0.4) is 0 Å². The Bertz CT molecular complexity index is 472. The van der Waals surface area contributed by atoms with Gasteiger partial charge >= 0.3 is 0 Å². The first kappa shape index (κ1) is 16.7. The molecule has 1 aromatic rings. The predicted octanol–water partition coefficient (Wildman–Crippen LogP) is 1.16. The van der Waals surface area contributed by atoms with Gasteiger partial charge in [-0.15, -0.1) is 0 Å². The van der Waals surface area contributed by atoms with Crippen molar-refractivity contribution in [2.24, 2.45) is 0 Å². The first-order chi connectivity index (χ1) is 10.6. The molecule has 1 unspecified atom stereocenters. The van der Waals surface area contributed by atoms with Crippen LogP contribution in [0.2, 0.25) is 0 Å². The summed E-state index contributed by atoms with van der Waals surface area (Å²) in [6.45, 7) is 2.68. The Morgan fingerprint density at radius 3 is 2.59 bits per heavy atom. The van der Waals surface area contributed by atoms with E-state index in [4.69, 9.17) is 4.74 Å². The summed E-state index contributed by atoms with van der Waals surface area (Å²) in [7, 11) is 1.58. The van der Waals surface area contributed by atoms with Gasteiger partial charge in [-0.05, 0) is 25.0 Å². The summed E-state index contributed by atoms with van der Waals surface area (Å²) in [5.41, 5.74) is 1.14. The van der Waals surface area contributed by atoms with E-state index >= 15 is 0 Å². The number of piperidine rings is 1. The molecule has 0 bridgehead atoms. The minimum atomic E-state index is -0.474. The number of nitrogens with zero attached hydrogens (tertiary/aromatic N) is 2. The third-order valence-corrected chi connectivity index (χ3v) is 3.92. The lowest BCUT2D eigenvalue weighted by Gasteiger charge is -2.34. The van der Waals surface area contributed by atoms with Crippen LogP contribution in [-0.4, -0.2) is 55.5 Å². The molecule has 0 saturated carbocycles. The zero-order chi connectivity index (χ0) is 15.9. The first-order valence-corrected chi connectivity index (χ1v) is 7.50. The lowest BCUT2D eigenvalue weighted by molar-refractivity contribution is -0.384. The van der Waals surface area contributed by atoms with E-state index in [1.165, 1.54) is 0 Å². The summed E-state index contributed by atoms with van der Waals surface area (Å²) < 4.78 is 4.90. The zero-order valence-corrected chi connectivity index (χ0v) is 12.8. The summed E-state index contributed by atoms with van der Waals surface area (Å²) in [6.07, 6.45) is 1.49. The molecule has 1 aliphatic rings. The molecule has 1 saturated heterocycles. The molecule has 0 aromatic heterocycles.